The van der Waals surface area contributed by atoms with Gasteiger partial charge in [-0.15, -0.1) is 0 Å². The van der Waals surface area contributed by atoms with Crippen molar-refractivity contribution in [3.63, 3.8) is 0 Å². The van der Waals surface area contributed by atoms with Crippen molar-refractivity contribution in [2.45, 2.75) is 77.4 Å². The van der Waals surface area contributed by atoms with Crippen LogP contribution in [0, 0.1) is 11.3 Å². The summed E-state index contributed by atoms with van der Waals surface area (Å²) in [5, 5.41) is 3.06. The minimum atomic E-state index is -0.754. The number of rotatable bonds is 8. The topological polar surface area (TPSA) is 64.4 Å². The van der Waals surface area contributed by atoms with Crippen molar-refractivity contribution in [2.24, 2.45) is 17.1 Å². The van der Waals surface area contributed by atoms with Crippen molar-refractivity contribution in [1.82, 2.24) is 5.32 Å². The Balaban J connectivity index is 1.73. The van der Waals surface area contributed by atoms with Crippen molar-refractivity contribution < 1.29 is 9.53 Å². The van der Waals surface area contributed by atoms with Gasteiger partial charge in [0.05, 0.1) is 6.10 Å². The molecule has 0 aromatic rings. The standard InChI is InChI=1S/C17H32N2O2/c1-4-5-6-7-8-9-11-19-15(20)17(18)13-10-12-21-14(13)16(17,2)3/h13-14H,4-12,18H2,1-3H3,(H,19,20). The van der Waals surface area contributed by atoms with Crippen LogP contribution in [-0.4, -0.2) is 30.7 Å². The minimum Gasteiger partial charge on any atom is -0.377 e. The normalized spacial score (nSPS) is 33.3. The summed E-state index contributed by atoms with van der Waals surface area (Å²) < 4.78 is 5.73. The average Bonchev–Trinajstić information content (AvgIpc) is 2.93. The summed E-state index contributed by atoms with van der Waals surface area (Å²) in [6, 6.07) is 0. The van der Waals surface area contributed by atoms with Gasteiger partial charge in [0.2, 0.25) is 5.91 Å². The maximum absolute atomic E-state index is 12.5. The van der Waals surface area contributed by atoms with Crippen molar-refractivity contribution in [3.8, 4) is 0 Å². The lowest BCUT2D eigenvalue weighted by atomic mass is 9.48. The molecular formula is C17H32N2O2. The zero-order valence-corrected chi connectivity index (χ0v) is 13.9. The number of nitrogens with one attached hydrogen (secondary N) is 1. The van der Waals surface area contributed by atoms with Gasteiger partial charge in [-0.3, -0.25) is 4.79 Å². The molecule has 21 heavy (non-hydrogen) atoms. The predicted octanol–water partition coefficient (Wildman–Crippen LogP) is 2.61. The fourth-order valence-electron chi connectivity index (χ4n) is 4.10. The van der Waals surface area contributed by atoms with Crippen molar-refractivity contribution in [3.05, 3.63) is 0 Å². The van der Waals surface area contributed by atoms with Gasteiger partial charge in [0, 0.05) is 24.5 Å². The molecule has 2 aliphatic rings. The van der Waals surface area contributed by atoms with Crippen molar-refractivity contribution in [1.29, 1.82) is 0 Å². The smallest absolute Gasteiger partial charge is 0.241 e. The van der Waals surface area contributed by atoms with Crippen LogP contribution in [0.3, 0.4) is 0 Å². The Morgan fingerprint density at radius 3 is 2.62 bits per heavy atom. The summed E-state index contributed by atoms with van der Waals surface area (Å²) in [6.45, 7) is 7.83. The van der Waals surface area contributed by atoms with Crippen LogP contribution in [0.25, 0.3) is 0 Å². The quantitative estimate of drug-likeness (QED) is 0.677. The number of carbonyl (C=O) groups excluding carboxylic acids is 1. The van der Waals surface area contributed by atoms with E-state index in [-0.39, 0.29) is 23.3 Å². The second-order valence-corrected chi connectivity index (χ2v) is 7.30. The summed E-state index contributed by atoms with van der Waals surface area (Å²) in [6.07, 6.45) is 8.46. The number of fused-ring (bicyclic) bond motifs is 1. The van der Waals surface area contributed by atoms with Gasteiger partial charge in [-0.25, -0.2) is 0 Å². The molecule has 1 saturated heterocycles. The number of amides is 1. The minimum absolute atomic E-state index is 0.0211. The molecule has 3 atom stereocenters. The molecule has 4 nitrogen and oxygen atoms in total. The number of hydrogen-bond donors (Lipinski definition) is 2. The molecule has 1 aliphatic carbocycles. The van der Waals surface area contributed by atoms with Crippen LogP contribution in [-0.2, 0) is 9.53 Å². The molecule has 1 aliphatic heterocycles. The Labute approximate surface area is 129 Å². The molecule has 2 fully saturated rings. The summed E-state index contributed by atoms with van der Waals surface area (Å²) in [7, 11) is 0. The lowest BCUT2D eigenvalue weighted by molar-refractivity contribution is -0.175. The van der Waals surface area contributed by atoms with Crippen molar-refractivity contribution in [2.75, 3.05) is 13.2 Å². The highest BCUT2D eigenvalue weighted by atomic mass is 16.5. The number of hydrogen-bond acceptors (Lipinski definition) is 3. The van der Waals surface area contributed by atoms with Crippen LogP contribution in [0.2, 0.25) is 0 Å². The molecule has 3 unspecified atom stereocenters. The van der Waals surface area contributed by atoms with Gasteiger partial charge in [0.1, 0.15) is 5.54 Å². The molecule has 0 radical (unpaired) electrons. The highest BCUT2D eigenvalue weighted by Gasteiger charge is 2.71. The van der Waals surface area contributed by atoms with E-state index in [2.05, 4.69) is 26.1 Å². The predicted molar refractivity (Wildman–Crippen MR) is 84.9 cm³/mol. The maximum atomic E-state index is 12.5. The lowest BCUT2D eigenvalue weighted by Crippen LogP contribution is -2.80. The maximum Gasteiger partial charge on any atom is 0.241 e. The Morgan fingerprint density at radius 2 is 1.90 bits per heavy atom. The number of unbranched alkanes of at least 4 members (excludes halogenated alkanes) is 5. The monoisotopic (exact) mass is 296 g/mol. The second kappa shape index (κ2) is 6.66. The number of ether oxygens (including phenoxy) is 1. The van der Waals surface area contributed by atoms with E-state index < -0.39 is 5.54 Å². The average molecular weight is 296 g/mol. The van der Waals surface area contributed by atoms with Crippen LogP contribution in [0.5, 0.6) is 0 Å². The molecule has 1 heterocycles. The van der Waals surface area contributed by atoms with Gasteiger partial charge in [-0.1, -0.05) is 52.9 Å². The van der Waals surface area contributed by atoms with Gasteiger partial charge in [0.25, 0.3) is 0 Å². The highest BCUT2D eigenvalue weighted by molar-refractivity contribution is 5.89. The zero-order valence-electron chi connectivity index (χ0n) is 13.9. The van der Waals surface area contributed by atoms with E-state index in [1.54, 1.807) is 0 Å². The largest absolute Gasteiger partial charge is 0.377 e. The molecule has 122 valence electrons. The lowest BCUT2D eigenvalue weighted by Gasteiger charge is -2.60. The first-order valence-corrected chi connectivity index (χ1v) is 8.65. The molecule has 0 spiro atoms. The Hall–Kier alpha value is -0.610. The van der Waals surface area contributed by atoms with Gasteiger partial charge in [-0.05, 0) is 12.8 Å². The third-order valence-corrected chi connectivity index (χ3v) is 5.65. The number of carbonyl (C=O) groups is 1. The van der Waals surface area contributed by atoms with E-state index in [0.717, 1.165) is 26.0 Å². The second-order valence-electron chi connectivity index (χ2n) is 7.30. The Bertz CT molecular complexity index is 370. The molecule has 0 aromatic carbocycles. The Kier molecular flexibility index (Phi) is 5.31. The van der Waals surface area contributed by atoms with E-state index in [0.29, 0.717) is 0 Å². The van der Waals surface area contributed by atoms with E-state index >= 15 is 0 Å². The summed E-state index contributed by atoms with van der Waals surface area (Å²) in [5.74, 6) is 0.213. The fraction of sp³-hybridized carbons (Fsp3) is 0.941. The van der Waals surface area contributed by atoms with E-state index in [9.17, 15) is 4.79 Å². The molecule has 0 aromatic heterocycles. The van der Waals surface area contributed by atoms with Gasteiger partial charge in [0.15, 0.2) is 0 Å². The third kappa shape index (κ3) is 2.85. The van der Waals surface area contributed by atoms with Gasteiger partial charge < -0.3 is 15.8 Å². The molecular weight excluding hydrogens is 264 g/mol. The molecule has 0 bridgehead atoms. The first-order valence-electron chi connectivity index (χ1n) is 8.65. The van der Waals surface area contributed by atoms with Crippen LogP contribution in [0.1, 0.15) is 65.7 Å². The highest BCUT2D eigenvalue weighted by Crippen LogP contribution is 2.58. The third-order valence-electron chi connectivity index (χ3n) is 5.65. The van der Waals surface area contributed by atoms with Crippen LogP contribution < -0.4 is 11.1 Å². The summed E-state index contributed by atoms with van der Waals surface area (Å²) in [4.78, 5) is 12.5. The first-order chi connectivity index (χ1) is 9.96. The van der Waals surface area contributed by atoms with E-state index in [4.69, 9.17) is 10.5 Å². The number of nitrogens with two attached hydrogens (primary N) is 1. The SMILES string of the molecule is CCCCCCCCNC(=O)C1(N)C2CCOC2C1(C)C. The van der Waals surface area contributed by atoms with Gasteiger partial charge in [-0.2, -0.15) is 0 Å². The van der Waals surface area contributed by atoms with Crippen LogP contribution >= 0.6 is 0 Å². The summed E-state index contributed by atoms with van der Waals surface area (Å²) in [5.41, 5.74) is 5.48. The zero-order chi connectivity index (χ0) is 15.5. The first kappa shape index (κ1) is 16.8. The Morgan fingerprint density at radius 1 is 1.24 bits per heavy atom. The molecule has 1 amide bonds. The van der Waals surface area contributed by atoms with Crippen molar-refractivity contribution >= 4 is 5.91 Å². The fourth-order valence-corrected chi connectivity index (χ4v) is 4.10. The molecule has 4 heteroatoms. The van der Waals surface area contributed by atoms with Crippen LogP contribution in [0.15, 0.2) is 0 Å². The van der Waals surface area contributed by atoms with E-state index in [1.165, 1.54) is 32.1 Å². The van der Waals surface area contributed by atoms with Gasteiger partial charge >= 0.3 is 0 Å². The van der Waals surface area contributed by atoms with E-state index in [1.807, 2.05) is 0 Å². The molecule has 1 saturated carbocycles. The van der Waals surface area contributed by atoms with Crippen LogP contribution in [0.4, 0.5) is 0 Å². The molecule has 3 N–H and O–H groups in total. The molecule has 2 rings (SSSR count). The summed E-state index contributed by atoms with van der Waals surface area (Å²) >= 11 is 0.